The van der Waals surface area contributed by atoms with Crippen molar-refractivity contribution in [3.05, 3.63) is 62.6 Å². The van der Waals surface area contributed by atoms with Gasteiger partial charge in [0.2, 0.25) is 0 Å². The summed E-state index contributed by atoms with van der Waals surface area (Å²) in [6.45, 7) is 1.88. The molecule has 4 nitrogen and oxygen atoms in total. The number of nitrogens with one attached hydrogen (secondary N) is 1. The second-order valence-corrected chi connectivity index (χ2v) is 6.95. The molecule has 0 heterocycles. The molecule has 0 unspecified atom stereocenters. The lowest BCUT2D eigenvalue weighted by Gasteiger charge is -2.14. The Morgan fingerprint density at radius 1 is 1.28 bits per heavy atom. The lowest BCUT2D eigenvalue weighted by atomic mass is 10.1. The van der Waals surface area contributed by atoms with Crippen molar-refractivity contribution in [1.29, 1.82) is 5.26 Å². The largest absolute Gasteiger partial charge is 0.377 e. The van der Waals surface area contributed by atoms with Gasteiger partial charge in [-0.1, -0.05) is 23.7 Å². The average molecular weight is 419 g/mol. The van der Waals surface area contributed by atoms with Crippen LogP contribution in [0.5, 0.6) is 0 Å². The standard InChI is InChI=1S/C19H17BrClN3O/c1-12-4-6-15(10-17(12)21)23-19(25)14(11-22)8-13-5-7-18(24(2)3)16(20)9-13/h4-10H,1-3H3,(H,23,25)/b14-8+. The summed E-state index contributed by atoms with van der Waals surface area (Å²) >= 11 is 9.55. The van der Waals surface area contributed by atoms with Gasteiger partial charge in [-0.15, -0.1) is 0 Å². The van der Waals surface area contributed by atoms with Crippen LogP contribution in [-0.2, 0) is 4.79 Å². The van der Waals surface area contributed by atoms with E-state index in [4.69, 9.17) is 11.6 Å². The zero-order chi connectivity index (χ0) is 18.6. The molecule has 0 spiro atoms. The molecule has 2 aromatic rings. The topological polar surface area (TPSA) is 56.1 Å². The molecule has 0 aromatic heterocycles. The summed E-state index contributed by atoms with van der Waals surface area (Å²) in [6, 6.07) is 12.8. The number of nitrogens with zero attached hydrogens (tertiary/aromatic N) is 2. The fraction of sp³-hybridized carbons (Fsp3) is 0.158. The molecule has 1 N–H and O–H groups in total. The fourth-order valence-electron chi connectivity index (χ4n) is 2.16. The van der Waals surface area contributed by atoms with Crippen LogP contribution in [0.25, 0.3) is 6.08 Å². The summed E-state index contributed by atoms with van der Waals surface area (Å²) < 4.78 is 0.884. The van der Waals surface area contributed by atoms with Gasteiger partial charge in [0, 0.05) is 29.3 Å². The van der Waals surface area contributed by atoms with Gasteiger partial charge in [0.1, 0.15) is 11.6 Å². The number of nitriles is 1. The summed E-state index contributed by atoms with van der Waals surface area (Å²) in [6.07, 6.45) is 1.55. The van der Waals surface area contributed by atoms with Gasteiger partial charge in [0.25, 0.3) is 5.91 Å². The number of hydrogen-bond acceptors (Lipinski definition) is 3. The van der Waals surface area contributed by atoms with E-state index in [1.165, 1.54) is 0 Å². The molecule has 0 aliphatic carbocycles. The molecule has 1 amide bonds. The average Bonchev–Trinajstić information content (AvgIpc) is 2.55. The minimum atomic E-state index is -0.477. The molecular weight excluding hydrogens is 402 g/mol. The van der Waals surface area contributed by atoms with Gasteiger partial charge < -0.3 is 10.2 Å². The SMILES string of the molecule is Cc1ccc(NC(=O)/C(C#N)=C/c2ccc(N(C)C)c(Br)c2)cc1Cl. The van der Waals surface area contributed by atoms with Crippen molar-refractivity contribution in [2.24, 2.45) is 0 Å². The molecular formula is C19H17BrClN3O. The Bertz CT molecular complexity index is 885. The van der Waals surface area contributed by atoms with E-state index in [0.29, 0.717) is 10.7 Å². The second-order valence-electron chi connectivity index (χ2n) is 5.69. The number of rotatable bonds is 4. The molecule has 0 atom stereocenters. The van der Waals surface area contributed by atoms with E-state index in [1.54, 1.807) is 18.2 Å². The van der Waals surface area contributed by atoms with Crippen LogP contribution in [0.4, 0.5) is 11.4 Å². The minimum Gasteiger partial charge on any atom is -0.377 e. The Morgan fingerprint density at radius 2 is 2.00 bits per heavy atom. The van der Waals surface area contributed by atoms with Crippen molar-refractivity contribution in [1.82, 2.24) is 0 Å². The van der Waals surface area contributed by atoms with Crippen molar-refractivity contribution in [3.63, 3.8) is 0 Å². The van der Waals surface area contributed by atoms with Crippen LogP contribution in [0.1, 0.15) is 11.1 Å². The maximum Gasteiger partial charge on any atom is 0.266 e. The maximum atomic E-state index is 12.3. The highest BCUT2D eigenvalue weighted by atomic mass is 79.9. The van der Waals surface area contributed by atoms with E-state index in [0.717, 1.165) is 21.3 Å². The van der Waals surface area contributed by atoms with E-state index in [9.17, 15) is 10.1 Å². The van der Waals surface area contributed by atoms with Crippen LogP contribution in [0, 0.1) is 18.3 Å². The maximum absolute atomic E-state index is 12.3. The number of benzene rings is 2. The molecule has 0 radical (unpaired) electrons. The summed E-state index contributed by atoms with van der Waals surface area (Å²) in [7, 11) is 3.88. The Kier molecular flexibility index (Phi) is 6.24. The fourth-order valence-corrected chi connectivity index (χ4v) is 3.09. The smallest absolute Gasteiger partial charge is 0.266 e. The predicted molar refractivity (Wildman–Crippen MR) is 107 cm³/mol. The van der Waals surface area contributed by atoms with E-state index >= 15 is 0 Å². The van der Waals surface area contributed by atoms with Crippen molar-refractivity contribution in [3.8, 4) is 6.07 Å². The first-order valence-electron chi connectivity index (χ1n) is 7.48. The number of hydrogen-bond donors (Lipinski definition) is 1. The van der Waals surface area contributed by atoms with Crippen molar-refractivity contribution in [2.75, 3.05) is 24.3 Å². The van der Waals surface area contributed by atoms with E-state index in [1.807, 2.05) is 56.3 Å². The second kappa shape index (κ2) is 8.19. The summed E-state index contributed by atoms with van der Waals surface area (Å²) in [5.41, 5.74) is 3.24. The first-order valence-corrected chi connectivity index (χ1v) is 8.65. The van der Waals surface area contributed by atoms with Gasteiger partial charge >= 0.3 is 0 Å². The van der Waals surface area contributed by atoms with Crippen LogP contribution in [0.15, 0.2) is 46.4 Å². The molecule has 128 valence electrons. The Hall–Kier alpha value is -2.29. The Labute approximate surface area is 160 Å². The van der Waals surface area contributed by atoms with Crippen molar-refractivity contribution >= 4 is 50.9 Å². The van der Waals surface area contributed by atoms with Crippen molar-refractivity contribution in [2.45, 2.75) is 6.92 Å². The highest BCUT2D eigenvalue weighted by Crippen LogP contribution is 2.27. The third kappa shape index (κ3) is 4.85. The molecule has 0 saturated carbocycles. The molecule has 2 rings (SSSR count). The third-order valence-electron chi connectivity index (χ3n) is 3.56. The van der Waals surface area contributed by atoms with E-state index < -0.39 is 5.91 Å². The highest BCUT2D eigenvalue weighted by Gasteiger charge is 2.11. The molecule has 0 saturated heterocycles. The molecule has 0 aliphatic heterocycles. The zero-order valence-corrected chi connectivity index (χ0v) is 16.4. The number of aryl methyl sites for hydroxylation is 1. The lowest BCUT2D eigenvalue weighted by Crippen LogP contribution is -2.13. The summed E-state index contributed by atoms with van der Waals surface area (Å²) in [4.78, 5) is 14.3. The third-order valence-corrected chi connectivity index (χ3v) is 4.60. The molecule has 2 aromatic carbocycles. The Morgan fingerprint density at radius 3 is 2.56 bits per heavy atom. The summed E-state index contributed by atoms with van der Waals surface area (Å²) in [5, 5.41) is 12.6. The normalized spacial score (nSPS) is 11.0. The molecule has 6 heteroatoms. The minimum absolute atomic E-state index is 0.0150. The Balaban J connectivity index is 2.24. The van der Waals surface area contributed by atoms with Gasteiger partial charge in [0.05, 0.1) is 5.69 Å². The van der Waals surface area contributed by atoms with E-state index in [-0.39, 0.29) is 5.57 Å². The van der Waals surface area contributed by atoms with Crippen LogP contribution in [0.3, 0.4) is 0 Å². The quantitative estimate of drug-likeness (QED) is 0.560. The molecule has 25 heavy (non-hydrogen) atoms. The lowest BCUT2D eigenvalue weighted by molar-refractivity contribution is -0.112. The number of halogens is 2. The number of carbonyl (C=O) groups is 1. The van der Waals surface area contributed by atoms with Gasteiger partial charge in [0.15, 0.2) is 0 Å². The zero-order valence-electron chi connectivity index (χ0n) is 14.1. The molecule has 0 aliphatic rings. The predicted octanol–water partition coefficient (Wildman–Crippen LogP) is 5.02. The summed E-state index contributed by atoms with van der Waals surface area (Å²) in [5.74, 6) is -0.477. The van der Waals surface area contributed by atoms with Gasteiger partial charge in [-0.25, -0.2) is 0 Å². The highest BCUT2D eigenvalue weighted by molar-refractivity contribution is 9.10. The first kappa shape index (κ1) is 19.0. The molecule has 0 bridgehead atoms. The number of amides is 1. The van der Waals surface area contributed by atoms with Crippen LogP contribution in [-0.4, -0.2) is 20.0 Å². The van der Waals surface area contributed by atoms with E-state index in [2.05, 4.69) is 21.2 Å². The number of carbonyl (C=O) groups excluding carboxylic acids is 1. The molecule has 0 fully saturated rings. The van der Waals surface area contributed by atoms with Crippen LogP contribution >= 0.6 is 27.5 Å². The van der Waals surface area contributed by atoms with Gasteiger partial charge in [-0.05, 0) is 64.3 Å². The number of anilines is 2. The van der Waals surface area contributed by atoms with Crippen LogP contribution in [0.2, 0.25) is 5.02 Å². The first-order chi connectivity index (χ1) is 11.8. The van der Waals surface area contributed by atoms with Crippen LogP contribution < -0.4 is 10.2 Å². The van der Waals surface area contributed by atoms with Gasteiger partial charge in [-0.2, -0.15) is 5.26 Å². The monoisotopic (exact) mass is 417 g/mol. The van der Waals surface area contributed by atoms with Gasteiger partial charge in [-0.3, -0.25) is 4.79 Å². The van der Waals surface area contributed by atoms with Crippen molar-refractivity contribution < 1.29 is 4.79 Å².